The normalized spacial score (nSPS) is 12.4. The van der Waals surface area contributed by atoms with E-state index < -0.39 is 0 Å². The number of hydrogen-bond donors (Lipinski definition) is 2. The lowest BCUT2D eigenvalue weighted by atomic mass is 10.1. The van der Waals surface area contributed by atoms with Crippen molar-refractivity contribution < 1.29 is 4.74 Å². The first kappa shape index (κ1) is 12.5. The van der Waals surface area contributed by atoms with Crippen LogP contribution < -0.4 is 16.0 Å². The molecule has 2 rings (SSSR count). The van der Waals surface area contributed by atoms with Crippen molar-refractivity contribution in [3.63, 3.8) is 0 Å². The molecule has 0 aromatic carbocycles. The smallest absolute Gasteiger partial charge is 0.217 e. The third-order valence-corrected chi connectivity index (χ3v) is 2.76. The van der Waals surface area contributed by atoms with Crippen molar-refractivity contribution in [2.45, 2.75) is 12.5 Å². The number of rotatable bonds is 5. The molecule has 2 aromatic heterocycles. The minimum atomic E-state index is -0.128. The van der Waals surface area contributed by atoms with Gasteiger partial charge in [0.15, 0.2) is 0 Å². The Hall–Kier alpha value is -1.99. The summed E-state index contributed by atoms with van der Waals surface area (Å²) in [7, 11) is 3.43. The summed E-state index contributed by atoms with van der Waals surface area (Å²) >= 11 is 0. The van der Waals surface area contributed by atoms with E-state index in [1.54, 1.807) is 18.0 Å². The Balaban J connectivity index is 2.25. The van der Waals surface area contributed by atoms with Crippen molar-refractivity contribution in [3.05, 3.63) is 36.0 Å². The summed E-state index contributed by atoms with van der Waals surface area (Å²) in [4.78, 5) is 8.34. The van der Waals surface area contributed by atoms with Crippen LogP contribution in [0.1, 0.15) is 17.4 Å². The molecule has 18 heavy (non-hydrogen) atoms. The summed E-state index contributed by atoms with van der Waals surface area (Å²) < 4.78 is 6.94. The van der Waals surface area contributed by atoms with Gasteiger partial charge in [0.1, 0.15) is 12.2 Å². The van der Waals surface area contributed by atoms with E-state index in [4.69, 9.17) is 10.6 Å². The number of aryl methyl sites for hydroxylation is 1. The average molecular weight is 248 g/mol. The fourth-order valence-corrected chi connectivity index (χ4v) is 1.79. The number of nitrogens with two attached hydrogens (primary N) is 1. The zero-order valence-electron chi connectivity index (χ0n) is 10.4. The second kappa shape index (κ2) is 5.56. The second-order valence-corrected chi connectivity index (χ2v) is 3.83. The molecule has 0 spiro atoms. The van der Waals surface area contributed by atoms with E-state index in [1.807, 2.05) is 19.2 Å². The maximum absolute atomic E-state index is 5.60. The number of hydrogen-bond acceptors (Lipinski definition) is 6. The minimum absolute atomic E-state index is 0.128. The van der Waals surface area contributed by atoms with Gasteiger partial charge in [-0.3, -0.25) is 16.0 Å². The maximum Gasteiger partial charge on any atom is 0.217 e. The average Bonchev–Trinajstić information content (AvgIpc) is 2.81. The van der Waals surface area contributed by atoms with Gasteiger partial charge in [0.25, 0.3) is 0 Å². The molecule has 2 aromatic rings. The second-order valence-electron chi connectivity index (χ2n) is 3.83. The Morgan fingerprint density at radius 1 is 1.50 bits per heavy atom. The van der Waals surface area contributed by atoms with E-state index in [0.29, 0.717) is 12.3 Å². The molecule has 7 nitrogen and oxygen atoms in total. The van der Waals surface area contributed by atoms with Crippen molar-refractivity contribution in [2.75, 3.05) is 7.11 Å². The summed E-state index contributed by atoms with van der Waals surface area (Å²) in [6, 6.07) is 3.64. The summed E-state index contributed by atoms with van der Waals surface area (Å²) in [5.41, 5.74) is 3.65. The van der Waals surface area contributed by atoms with Crippen LogP contribution in [-0.4, -0.2) is 26.9 Å². The maximum atomic E-state index is 5.60. The van der Waals surface area contributed by atoms with Crippen LogP contribution in [0.15, 0.2) is 24.7 Å². The molecule has 1 atom stereocenters. The van der Waals surface area contributed by atoms with E-state index in [1.165, 1.54) is 6.33 Å². The van der Waals surface area contributed by atoms with Crippen molar-refractivity contribution in [2.24, 2.45) is 12.9 Å². The predicted molar refractivity (Wildman–Crippen MR) is 65.6 cm³/mol. The van der Waals surface area contributed by atoms with Crippen molar-refractivity contribution in [1.82, 2.24) is 25.2 Å². The Labute approximate surface area is 105 Å². The van der Waals surface area contributed by atoms with Gasteiger partial charge in [-0.25, -0.2) is 9.97 Å². The van der Waals surface area contributed by atoms with Gasteiger partial charge < -0.3 is 4.74 Å². The number of ether oxygens (including phenoxy) is 1. The monoisotopic (exact) mass is 248 g/mol. The molecule has 0 aliphatic rings. The first-order valence-corrected chi connectivity index (χ1v) is 5.54. The fraction of sp³-hybridized carbons (Fsp3) is 0.364. The van der Waals surface area contributed by atoms with Crippen molar-refractivity contribution in [1.29, 1.82) is 0 Å². The van der Waals surface area contributed by atoms with Crippen LogP contribution in [0.5, 0.6) is 5.88 Å². The highest BCUT2D eigenvalue weighted by atomic mass is 16.5. The molecule has 0 amide bonds. The van der Waals surface area contributed by atoms with Crippen LogP contribution in [0.3, 0.4) is 0 Å². The minimum Gasteiger partial charge on any atom is -0.481 e. The summed E-state index contributed by atoms with van der Waals surface area (Å²) in [5, 5.41) is 4.03. The van der Waals surface area contributed by atoms with E-state index in [2.05, 4.69) is 20.5 Å². The van der Waals surface area contributed by atoms with Gasteiger partial charge in [-0.15, -0.1) is 0 Å². The van der Waals surface area contributed by atoms with Crippen LogP contribution in [0.4, 0.5) is 0 Å². The standard InChI is InChI=1S/C11H16N6O/c1-17-10(14-7-15-17)6-9(16-12)8-4-3-5-13-11(8)18-2/h3-5,7,9,16H,6,12H2,1-2H3. The van der Waals surface area contributed by atoms with Gasteiger partial charge in [0.2, 0.25) is 5.88 Å². The molecule has 0 saturated heterocycles. The topological polar surface area (TPSA) is 90.9 Å². The van der Waals surface area contributed by atoms with Crippen LogP contribution in [0.25, 0.3) is 0 Å². The highest BCUT2D eigenvalue weighted by Crippen LogP contribution is 2.24. The molecular weight excluding hydrogens is 232 g/mol. The summed E-state index contributed by atoms with van der Waals surface area (Å²) in [6.07, 6.45) is 3.80. The van der Waals surface area contributed by atoms with E-state index >= 15 is 0 Å². The lowest BCUT2D eigenvalue weighted by Gasteiger charge is -2.17. The molecular formula is C11H16N6O. The zero-order chi connectivity index (χ0) is 13.0. The predicted octanol–water partition coefficient (Wildman–Crippen LogP) is -0.0342. The first-order valence-electron chi connectivity index (χ1n) is 5.54. The Kier molecular flexibility index (Phi) is 3.85. The van der Waals surface area contributed by atoms with Gasteiger partial charge in [-0.05, 0) is 6.07 Å². The van der Waals surface area contributed by atoms with E-state index in [-0.39, 0.29) is 6.04 Å². The van der Waals surface area contributed by atoms with Crippen LogP contribution >= 0.6 is 0 Å². The highest BCUT2D eigenvalue weighted by Gasteiger charge is 2.18. The van der Waals surface area contributed by atoms with Crippen LogP contribution in [0.2, 0.25) is 0 Å². The Morgan fingerprint density at radius 3 is 2.94 bits per heavy atom. The quantitative estimate of drug-likeness (QED) is 0.570. The molecule has 0 saturated carbocycles. The molecule has 0 aliphatic heterocycles. The molecule has 0 radical (unpaired) electrons. The van der Waals surface area contributed by atoms with Gasteiger partial charge in [-0.2, -0.15) is 5.10 Å². The van der Waals surface area contributed by atoms with E-state index in [0.717, 1.165) is 11.4 Å². The Bertz CT molecular complexity index is 512. The highest BCUT2D eigenvalue weighted by molar-refractivity contribution is 5.29. The van der Waals surface area contributed by atoms with Crippen LogP contribution in [0, 0.1) is 0 Å². The first-order chi connectivity index (χ1) is 8.76. The SMILES string of the molecule is COc1ncccc1C(Cc1ncnn1C)NN. The third kappa shape index (κ3) is 2.47. The molecule has 0 aliphatic carbocycles. The molecule has 3 N–H and O–H groups in total. The van der Waals surface area contributed by atoms with E-state index in [9.17, 15) is 0 Å². The number of nitrogens with one attached hydrogen (secondary N) is 1. The van der Waals surface area contributed by atoms with Crippen LogP contribution in [-0.2, 0) is 13.5 Å². The number of pyridine rings is 1. The lowest BCUT2D eigenvalue weighted by Crippen LogP contribution is -2.30. The molecule has 1 unspecified atom stereocenters. The van der Waals surface area contributed by atoms with Crippen molar-refractivity contribution in [3.8, 4) is 5.88 Å². The number of methoxy groups -OCH3 is 1. The van der Waals surface area contributed by atoms with Gasteiger partial charge in [0, 0.05) is 25.2 Å². The number of hydrazine groups is 1. The zero-order valence-corrected chi connectivity index (χ0v) is 10.4. The third-order valence-electron chi connectivity index (χ3n) is 2.76. The van der Waals surface area contributed by atoms with Gasteiger partial charge in [-0.1, -0.05) is 6.07 Å². The summed E-state index contributed by atoms with van der Waals surface area (Å²) in [5.74, 6) is 7.00. The number of aromatic nitrogens is 4. The lowest BCUT2D eigenvalue weighted by molar-refractivity contribution is 0.381. The fourth-order valence-electron chi connectivity index (χ4n) is 1.79. The largest absolute Gasteiger partial charge is 0.481 e. The number of nitrogens with zero attached hydrogens (tertiary/aromatic N) is 4. The summed E-state index contributed by atoms with van der Waals surface area (Å²) in [6.45, 7) is 0. The molecule has 0 fully saturated rings. The molecule has 7 heteroatoms. The van der Waals surface area contributed by atoms with Gasteiger partial charge >= 0.3 is 0 Å². The Morgan fingerprint density at radius 2 is 2.33 bits per heavy atom. The molecule has 0 bridgehead atoms. The molecule has 96 valence electrons. The van der Waals surface area contributed by atoms with Gasteiger partial charge in [0.05, 0.1) is 13.2 Å². The molecule has 2 heterocycles. The van der Waals surface area contributed by atoms with Crippen molar-refractivity contribution >= 4 is 0 Å².